The number of nitrogens with zero attached hydrogens (tertiary/aromatic N) is 1. The molecule has 5 heteroatoms. The van der Waals surface area contributed by atoms with Crippen LogP contribution in [0.5, 0.6) is 0 Å². The van der Waals surface area contributed by atoms with Crippen molar-refractivity contribution >= 4 is 28.6 Å². The van der Waals surface area contributed by atoms with E-state index in [-0.39, 0.29) is 17.4 Å². The van der Waals surface area contributed by atoms with Gasteiger partial charge in [-0.05, 0) is 54.0 Å². The molecule has 3 rings (SSSR count). The third kappa shape index (κ3) is 4.86. The van der Waals surface area contributed by atoms with Crippen LogP contribution in [0.25, 0.3) is 0 Å². The SMILES string of the molecule is CC(C)(C)C(NCC(=O)Nc1ccc(N2CCCC2)cc1)c1cccs1. The first-order chi connectivity index (χ1) is 12.4. The van der Waals surface area contributed by atoms with E-state index in [4.69, 9.17) is 0 Å². The molecule has 0 radical (unpaired) electrons. The Balaban J connectivity index is 1.54. The minimum atomic E-state index is -0.00951. The van der Waals surface area contributed by atoms with Gasteiger partial charge in [-0.3, -0.25) is 4.79 Å². The monoisotopic (exact) mass is 371 g/mol. The van der Waals surface area contributed by atoms with Crippen LogP contribution in [-0.2, 0) is 4.79 Å². The van der Waals surface area contributed by atoms with Crippen LogP contribution in [0.3, 0.4) is 0 Å². The van der Waals surface area contributed by atoms with Gasteiger partial charge in [0.05, 0.1) is 6.54 Å². The number of rotatable bonds is 6. The van der Waals surface area contributed by atoms with Crippen LogP contribution in [0.1, 0.15) is 44.5 Å². The molecular weight excluding hydrogens is 342 g/mol. The second kappa shape index (κ2) is 8.23. The van der Waals surface area contributed by atoms with E-state index in [1.54, 1.807) is 11.3 Å². The Hall–Kier alpha value is -1.85. The summed E-state index contributed by atoms with van der Waals surface area (Å²) in [6.07, 6.45) is 2.53. The van der Waals surface area contributed by atoms with Crippen LogP contribution in [0, 0.1) is 5.41 Å². The third-order valence-corrected chi connectivity index (χ3v) is 5.72. The summed E-state index contributed by atoms with van der Waals surface area (Å²) >= 11 is 1.73. The highest BCUT2D eigenvalue weighted by Gasteiger charge is 2.27. The molecule has 4 nitrogen and oxygen atoms in total. The quantitative estimate of drug-likeness (QED) is 0.776. The van der Waals surface area contributed by atoms with Crippen molar-refractivity contribution < 1.29 is 4.79 Å². The minimum Gasteiger partial charge on any atom is -0.372 e. The van der Waals surface area contributed by atoms with E-state index < -0.39 is 0 Å². The normalized spacial score (nSPS) is 15.9. The van der Waals surface area contributed by atoms with E-state index in [1.165, 1.54) is 23.4 Å². The van der Waals surface area contributed by atoms with Gasteiger partial charge in [-0.25, -0.2) is 0 Å². The Labute approximate surface area is 160 Å². The Morgan fingerprint density at radius 1 is 1.15 bits per heavy atom. The lowest BCUT2D eigenvalue weighted by atomic mass is 9.86. The topological polar surface area (TPSA) is 44.4 Å². The summed E-state index contributed by atoms with van der Waals surface area (Å²) in [7, 11) is 0. The average molecular weight is 372 g/mol. The van der Waals surface area contributed by atoms with Crippen LogP contribution in [-0.4, -0.2) is 25.5 Å². The van der Waals surface area contributed by atoms with Crippen molar-refractivity contribution in [1.82, 2.24) is 5.32 Å². The first-order valence-corrected chi connectivity index (χ1v) is 10.2. The summed E-state index contributed by atoms with van der Waals surface area (Å²) in [6.45, 7) is 9.14. The molecule has 1 amide bonds. The predicted octanol–water partition coefficient (Wildman–Crippen LogP) is 4.66. The third-order valence-electron chi connectivity index (χ3n) is 4.78. The summed E-state index contributed by atoms with van der Waals surface area (Å²) < 4.78 is 0. The lowest BCUT2D eigenvalue weighted by Gasteiger charge is -2.30. The van der Waals surface area contributed by atoms with E-state index in [2.05, 4.69) is 66.0 Å². The van der Waals surface area contributed by atoms with Crippen molar-refractivity contribution in [3.05, 3.63) is 46.7 Å². The second-order valence-electron chi connectivity index (χ2n) is 7.98. The molecule has 1 unspecified atom stereocenters. The number of anilines is 2. The van der Waals surface area contributed by atoms with Gasteiger partial charge in [0.25, 0.3) is 0 Å². The molecule has 2 aromatic rings. The van der Waals surface area contributed by atoms with Crippen molar-refractivity contribution in [3.8, 4) is 0 Å². The van der Waals surface area contributed by atoms with Gasteiger partial charge in [-0.1, -0.05) is 26.8 Å². The predicted molar refractivity (Wildman–Crippen MR) is 111 cm³/mol. The second-order valence-corrected chi connectivity index (χ2v) is 8.96. The molecule has 0 bridgehead atoms. The Kier molecular flexibility index (Phi) is 5.99. The number of carbonyl (C=O) groups excluding carboxylic acids is 1. The van der Waals surface area contributed by atoms with Crippen LogP contribution < -0.4 is 15.5 Å². The zero-order valence-electron chi connectivity index (χ0n) is 15.9. The van der Waals surface area contributed by atoms with Crippen molar-refractivity contribution in [3.63, 3.8) is 0 Å². The van der Waals surface area contributed by atoms with Gasteiger partial charge in [-0.15, -0.1) is 11.3 Å². The molecule has 140 valence electrons. The Morgan fingerprint density at radius 3 is 2.42 bits per heavy atom. The first kappa shape index (κ1) is 18.9. The smallest absolute Gasteiger partial charge is 0.238 e. The van der Waals surface area contributed by atoms with E-state index in [0.717, 1.165) is 18.8 Å². The molecule has 1 saturated heterocycles. The van der Waals surface area contributed by atoms with Crippen molar-refractivity contribution in [2.75, 3.05) is 29.9 Å². The van der Waals surface area contributed by atoms with Gasteiger partial charge >= 0.3 is 0 Å². The highest BCUT2D eigenvalue weighted by molar-refractivity contribution is 7.10. The molecule has 1 aromatic carbocycles. The number of nitrogens with one attached hydrogen (secondary N) is 2. The number of carbonyl (C=O) groups is 1. The van der Waals surface area contributed by atoms with E-state index >= 15 is 0 Å². The maximum absolute atomic E-state index is 12.4. The molecular formula is C21H29N3OS. The van der Waals surface area contributed by atoms with Crippen molar-refractivity contribution in [2.24, 2.45) is 5.41 Å². The number of benzene rings is 1. The highest BCUT2D eigenvalue weighted by Crippen LogP contribution is 2.34. The van der Waals surface area contributed by atoms with Crippen LogP contribution in [0.15, 0.2) is 41.8 Å². The average Bonchev–Trinajstić information content (AvgIpc) is 3.28. The molecule has 0 saturated carbocycles. The molecule has 26 heavy (non-hydrogen) atoms. The molecule has 2 N–H and O–H groups in total. The lowest BCUT2D eigenvalue weighted by Crippen LogP contribution is -2.37. The Bertz CT molecular complexity index is 698. The summed E-state index contributed by atoms with van der Waals surface area (Å²) in [6, 6.07) is 12.5. The van der Waals surface area contributed by atoms with E-state index in [1.807, 2.05) is 12.1 Å². The molecule has 1 fully saturated rings. The van der Waals surface area contributed by atoms with Crippen LogP contribution >= 0.6 is 11.3 Å². The molecule has 1 aliphatic heterocycles. The molecule has 2 heterocycles. The van der Waals surface area contributed by atoms with Gasteiger partial charge in [0.1, 0.15) is 0 Å². The summed E-state index contributed by atoms with van der Waals surface area (Å²) in [5.74, 6) is -0.00951. The molecule has 0 aliphatic carbocycles. The first-order valence-electron chi connectivity index (χ1n) is 9.35. The van der Waals surface area contributed by atoms with E-state index in [0.29, 0.717) is 6.54 Å². The standard InChI is InChI=1S/C21H29N3OS/c1-21(2,3)20(18-7-6-14-26-18)22-15-19(25)23-16-8-10-17(11-9-16)24-12-4-5-13-24/h6-11,14,20,22H,4-5,12-13,15H2,1-3H3,(H,23,25). The van der Waals surface area contributed by atoms with E-state index in [9.17, 15) is 4.79 Å². The fourth-order valence-corrected chi connectivity index (χ4v) is 4.46. The number of amides is 1. The molecule has 1 atom stereocenters. The minimum absolute atomic E-state index is 0.00951. The van der Waals surface area contributed by atoms with Gasteiger partial charge in [-0.2, -0.15) is 0 Å². The van der Waals surface area contributed by atoms with Gasteiger partial charge in [0, 0.05) is 35.4 Å². The fraction of sp³-hybridized carbons (Fsp3) is 0.476. The number of thiophene rings is 1. The van der Waals surface area contributed by atoms with Crippen molar-refractivity contribution in [1.29, 1.82) is 0 Å². The highest BCUT2D eigenvalue weighted by atomic mass is 32.1. The maximum atomic E-state index is 12.4. The molecule has 1 aliphatic rings. The van der Waals surface area contributed by atoms with Crippen LogP contribution in [0.4, 0.5) is 11.4 Å². The van der Waals surface area contributed by atoms with Crippen molar-refractivity contribution in [2.45, 2.75) is 39.7 Å². The molecule has 0 spiro atoms. The van der Waals surface area contributed by atoms with Gasteiger partial charge < -0.3 is 15.5 Å². The lowest BCUT2D eigenvalue weighted by molar-refractivity contribution is -0.115. The van der Waals surface area contributed by atoms with Gasteiger partial charge in [0.15, 0.2) is 0 Å². The summed E-state index contributed by atoms with van der Waals surface area (Å²) in [5, 5.41) is 8.50. The zero-order chi connectivity index (χ0) is 18.6. The largest absolute Gasteiger partial charge is 0.372 e. The summed E-state index contributed by atoms with van der Waals surface area (Å²) in [5.41, 5.74) is 2.13. The Morgan fingerprint density at radius 2 is 1.85 bits per heavy atom. The fourth-order valence-electron chi connectivity index (χ4n) is 3.42. The molecule has 1 aromatic heterocycles. The summed E-state index contributed by atoms with van der Waals surface area (Å²) in [4.78, 5) is 16.0. The number of hydrogen-bond acceptors (Lipinski definition) is 4. The van der Waals surface area contributed by atoms with Crippen LogP contribution in [0.2, 0.25) is 0 Å². The van der Waals surface area contributed by atoms with Gasteiger partial charge in [0.2, 0.25) is 5.91 Å². The zero-order valence-corrected chi connectivity index (χ0v) is 16.7. The maximum Gasteiger partial charge on any atom is 0.238 e. The number of hydrogen-bond donors (Lipinski definition) is 2.